The molecule has 0 N–H and O–H groups in total. The fourth-order valence-electron chi connectivity index (χ4n) is 5.60. The van der Waals surface area contributed by atoms with E-state index in [1.54, 1.807) is 0 Å². The average molecular weight is 589 g/mol. The number of rotatable bonds is 4. The molecule has 0 amide bonds. The first kappa shape index (κ1) is 24.0. The summed E-state index contributed by atoms with van der Waals surface area (Å²) >= 11 is 0.0846. The molecule has 0 atom stereocenters. The predicted molar refractivity (Wildman–Crippen MR) is 171 cm³/mol. The minimum absolute atomic E-state index is 0.0846. The molecule has 192 valence electrons. The van der Waals surface area contributed by atoms with Crippen molar-refractivity contribution in [3.8, 4) is 45.3 Å². The fourth-order valence-corrected chi connectivity index (χ4v) is 8.40. The van der Waals surface area contributed by atoms with E-state index in [0.717, 1.165) is 22.5 Å². The van der Waals surface area contributed by atoms with Crippen LogP contribution in [0.4, 0.5) is 0 Å². The van der Waals surface area contributed by atoms with E-state index in [-0.39, 0.29) is 14.5 Å². The van der Waals surface area contributed by atoms with E-state index < -0.39 is 0 Å². The molecular formula is C37H23N3Se. The zero-order valence-corrected chi connectivity index (χ0v) is 23.7. The van der Waals surface area contributed by atoms with Gasteiger partial charge in [-0.05, 0) is 0 Å². The Hall–Kier alpha value is -4.89. The Labute approximate surface area is 243 Å². The number of fused-ring (bicyclic) bond motifs is 4. The molecule has 0 spiro atoms. The van der Waals surface area contributed by atoms with Crippen LogP contribution >= 0.6 is 0 Å². The maximum atomic E-state index is 5.05. The van der Waals surface area contributed by atoms with Gasteiger partial charge in [-0.25, -0.2) is 0 Å². The van der Waals surface area contributed by atoms with E-state index >= 15 is 0 Å². The van der Waals surface area contributed by atoms with Crippen LogP contribution in [0.5, 0.6) is 0 Å². The average Bonchev–Trinajstić information content (AvgIpc) is 3.44. The van der Waals surface area contributed by atoms with E-state index in [1.165, 1.54) is 41.2 Å². The third-order valence-corrected chi connectivity index (χ3v) is 10.2. The number of benzene rings is 6. The molecule has 0 saturated heterocycles. The van der Waals surface area contributed by atoms with E-state index in [4.69, 9.17) is 15.0 Å². The molecule has 0 unspecified atom stereocenters. The molecule has 0 aliphatic heterocycles. The Bertz CT molecular complexity index is 2140. The summed E-state index contributed by atoms with van der Waals surface area (Å²) in [5.41, 5.74) is 5.64. The van der Waals surface area contributed by atoms with Crippen molar-refractivity contribution in [2.75, 3.05) is 0 Å². The van der Waals surface area contributed by atoms with Crippen molar-refractivity contribution >= 4 is 44.6 Å². The molecule has 0 bridgehead atoms. The quantitative estimate of drug-likeness (QED) is 0.193. The number of hydrogen-bond donors (Lipinski definition) is 0. The van der Waals surface area contributed by atoms with Crippen molar-refractivity contribution < 1.29 is 0 Å². The van der Waals surface area contributed by atoms with Crippen molar-refractivity contribution in [3.05, 3.63) is 140 Å². The third-order valence-electron chi connectivity index (χ3n) is 7.54. The summed E-state index contributed by atoms with van der Waals surface area (Å²) in [7, 11) is 0. The zero-order valence-electron chi connectivity index (χ0n) is 22.0. The normalized spacial score (nSPS) is 11.4. The van der Waals surface area contributed by atoms with Crippen molar-refractivity contribution in [2.24, 2.45) is 0 Å². The molecule has 6 aromatic carbocycles. The Morgan fingerprint density at radius 3 is 1.49 bits per heavy atom. The molecule has 0 saturated carbocycles. The fraction of sp³-hybridized carbons (Fsp3) is 0. The van der Waals surface area contributed by atoms with Gasteiger partial charge in [0.05, 0.1) is 0 Å². The van der Waals surface area contributed by atoms with Gasteiger partial charge in [-0.1, -0.05) is 0 Å². The Balaban J connectivity index is 1.38. The van der Waals surface area contributed by atoms with Gasteiger partial charge in [0, 0.05) is 0 Å². The number of nitrogens with zero attached hydrogens (tertiary/aromatic N) is 3. The van der Waals surface area contributed by atoms with Crippen LogP contribution < -0.4 is 0 Å². The molecule has 0 aliphatic rings. The van der Waals surface area contributed by atoms with Gasteiger partial charge in [0.15, 0.2) is 0 Å². The number of hydrogen-bond acceptors (Lipinski definition) is 3. The summed E-state index contributed by atoms with van der Waals surface area (Å²) in [5, 5.41) is 5.14. The van der Waals surface area contributed by atoms with Crippen LogP contribution in [0.15, 0.2) is 140 Å². The first-order valence-electron chi connectivity index (χ1n) is 13.6. The summed E-state index contributed by atoms with van der Waals surface area (Å²) in [6.45, 7) is 0. The summed E-state index contributed by atoms with van der Waals surface area (Å²) < 4.78 is 2.74. The van der Waals surface area contributed by atoms with Crippen LogP contribution in [0, 0.1) is 0 Å². The maximum absolute atomic E-state index is 5.05. The van der Waals surface area contributed by atoms with Crippen molar-refractivity contribution in [3.63, 3.8) is 0 Å². The summed E-state index contributed by atoms with van der Waals surface area (Å²) in [6, 6.07) is 48.9. The van der Waals surface area contributed by atoms with Gasteiger partial charge in [0.1, 0.15) is 0 Å². The van der Waals surface area contributed by atoms with E-state index in [1.807, 2.05) is 36.4 Å². The molecule has 8 aromatic rings. The van der Waals surface area contributed by atoms with Crippen LogP contribution in [-0.2, 0) is 0 Å². The van der Waals surface area contributed by atoms with Gasteiger partial charge in [-0.15, -0.1) is 0 Å². The number of aromatic nitrogens is 3. The summed E-state index contributed by atoms with van der Waals surface area (Å²) in [4.78, 5) is 15.0. The van der Waals surface area contributed by atoms with Crippen molar-refractivity contribution in [1.29, 1.82) is 0 Å². The monoisotopic (exact) mass is 589 g/mol. The molecule has 3 nitrogen and oxygen atoms in total. The molecule has 2 aromatic heterocycles. The second-order valence-corrected chi connectivity index (χ2v) is 12.2. The van der Waals surface area contributed by atoms with Crippen LogP contribution in [0.1, 0.15) is 0 Å². The molecule has 8 rings (SSSR count). The molecule has 41 heavy (non-hydrogen) atoms. The van der Waals surface area contributed by atoms with E-state index in [2.05, 4.69) is 103 Å². The minimum atomic E-state index is 0.0846. The molecule has 0 fully saturated rings. The van der Waals surface area contributed by atoms with Crippen LogP contribution in [0.2, 0.25) is 0 Å². The molecular weight excluding hydrogens is 565 g/mol. The van der Waals surface area contributed by atoms with Crippen LogP contribution in [-0.4, -0.2) is 29.5 Å². The Morgan fingerprint density at radius 2 is 0.805 bits per heavy atom. The van der Waals surface area contributed by atoms with E-state index in [0.29, 0.717) is 11.6 Å². The topological polar surface area (TPSA) is 38.7 Å². The Morgan fingerprint density at radius 1 is 0.341 bits per heavy atom. The third kappa shape index (κ3) is 4.17. The summed E-state index contributed by atoms with van der Waals surface area (Å²) in [6.07, 6.45) is 0. The second kappa shape index (κ2) is 9.94. The van der Waals surface area contributed by atoms with Gasteiger partial charge in [0.2, 0.25) is 0 Å². The van der Waals surface area contributed by atoms with Gasteiger partial charge < -0.3 is 0 Å². The summed E-state index contributed by atoms with van der Waals surface area (Å²) in [5.74, 6) is 2.09. The van der Waals surface area contributed by atoms with Crippen molar-refractivity contribution in [2.45, 2.75) is 0 Å². The van der Waals surface area contributed by atoms with Crippen molar-refractivity contribution in [1.82, 2.24) is 15.0 Å². The van der Waals surface area contributed by atoms with Gasteiger partial charge >= 0.3 is 244 Å². The molecule has 0 radical (unpaired) electrons. The van der Waals surface area contributed by atoms with Crippen LogP contribution in [0.3, 0.4) is 0 Å². The molecule has 0 aliphatic carbocycles. The SMILES string of the molecule is c1ccc(-c2nc(-c3ccccc3)nc(-c3cccc4c3[se]c3c(-c5cccc6ccccc56)cccc34)n2)cc1. The van der Waals surface area contributed by atoms with E-state index in [9.17, 15) is 0 Å². The second-order valence-electron chi connectivity index (χ2n) is 10.0. The van der Waals surface area contributed by atoms with Crippen LogP contribution in [0.25, 0.3) is 75.4 Å². The van der Waals surface area contributed by atoms with Gasteiger partial charge in [-0.2, -0.15) is 0 Å². The molecule has 2 heterocycles. The molecule has 4 heteroatoms. The standard InChI is InChI=1S/C37H23N3Se/c1-3-13-25(14-4-1)35-38-36(26-15-5-2-6-16-26)40-37(39-35)32-23-11-22-31-30-21-10-20-29(33(30)41-34(31)32)28-19-9-17-24-12-7-8-18-27(24)28/h1-23H. The van der Waals surface area contributed by atoms with Gasteiger partial charge in [0.25, 0.3) is 0 Å². The first-order chi connectivity index (χ1) is 20.3. The first-order valence-corrected chi connectivity index (χ1v) is 15.3. The zero-order chi connectivity index (χ0) is 27.2. The Kier molecular flexibility index (Phi) is 5.81. The predicted octanol–water partition coefficient (Wildman–Crippen LogP) is 9.06. The van der Waals surface area contributed by atoms with Gasteiger partial charge in [-0.3, -0.25) is 0 Å².